The fourth-order valence-corrected chi connectivity index (χ4v) is 2.54. The van der Waals surface area contributed by atoms with Gasteiger partial charge in [-0.2, -0.15) is 0 Å². The Balaban J connectivity index is 1.69. The maximum Gasteiger partial charge on any atom is 0.362 e. The van der Waals surface area contributed by atoms with Crippen LogP contribution in [0.4, 0.5) is 0 Å². The lowest BCUT2D eigenvalue weighted by Gasteiger charge is -2.07. The van der Waals surface area contributed by atoms with Gasteiger partial charge in [0.1, 0.15) is 22.9 Å². The van der Waals surface area contributed by atoms with E-state index in [2.05, 4.69) is 4.98 Å². The van der Waals surface area contributed by atoms with Gasteiger partial charge >= 0.3 is 11.9 Å². The van der Waals surface area contributed by atoms with Crippen LogP contribution < -0.4 is 9.47 Å². The van der Waals surface area contributed by atoms with Crippen LogP contribution in [-0.2, 0) is 0 Å². The van der Waals surface area contributed by atoms with Gasteiger partial charge in [0.2, 0.25) is 0 Å². The molecule has 0 aliphatic carbocycles. The van der Waals surface area contributed by atoms with Gasteiger partial charge in [-0.3, -0.25) is 9.59 Å². The molecule has 9 heteroatoms. The second kappa shape index (κ2) is 9.30. The van der Waals surface area contributed by atoms with Crippen molar-refractivity contribution in [2.24, 2.45) is 0 Å². The zero-order chi connectivity index (χ0) is 21.7. The Morgan fingerprint density at radius 1 is 0.600 bits per heavy atom. The molecule has 0 unspecified atom stereocenters. The molecule has 0 saturated carbocycles. The number of hydrogen-bond donors (Lipinski definition) is 0. The van der Waals surface area contributed by atoms with Crippen molar-refractivity contribution in [1.82, 2.24) is 4.98 Å². The number of ether oxygens (including phenoxy) is 2. The highest BCUT2D eigenvalue weighted by Gasteiger charge is 2.16. The van der Waals surface area contributed by atoms with Crippen LogP contribution in [-0.4, -0.2) is 27.4 Å². The molecule has 7 nitrogen and oxygen atoms in total. The van der Waals surface area contributed by atoms with Crippen molar-refractivity contribution < 1.29 is 28.7 Å². The second-order valence-corrected chi connectivity index (χ2v) is 6.47. The number of pyridine rings is 1. The van der Waals surface area contributed by atoms with E-state index in [1.807, 2.05) is 0 Å². The molecule has 0 spiro atoms. The summed E-state index contributed by atoms with van der Waals surface area (Å²) in [6, 6.07) is 15.4. The summed E-state index contributed by atoms with van der Waals surface area (Å²) >= 11 is 10.7. The largest absolute Gasteiger partial charge is 0.422 e. The molecule has 2 aromatic carbocycles. The topological polar surface area (TPSA) is 99.6 Å². The van der Waals surface area contributed by atoms with Crippen molar-refractivity contribution in [3.8, 4) is 11.5 Å². The third-order valence-corrected chi connectivity index (χ3v) is 4.19. The van der Waals surface area contributed by atoms with Gasteiger partial charge in [0, 0.05) is 11.1 Å². The maximum atomic E-state index is 12.3. The van der Waals surface area contributed by atoms with Crippen LogP contribution in [0.25, 0.3) is 0 Å². The zero-order valence-corrected chi connectivity index (χ0v) is 16.5. The zero-order valence-electron chi connectivity index (χ0n) is 15.0. The molecule has 0 aliphatic heterocycles. The van der Waals surface area contributed by atoms with Crippen molar-refractivity contribution >= 4 is 45.6 Å². The van der Waals surface area contributed by atoms with Gasteiger partial charge in [-0.1, -0.05) is 6.07 Å². The average molecular weight is 444 g/mol. The number of carbonyl (C=O) groups is 4. The fourth-order valence-electron chi connectivity index (χ4n) is 2.29. The van der Waals surface area contributed by atoms with Crippen LogP contribution in [0, 0.1) is 0 Å². The molecule has 3 aromatic rings. The SMILES string of the molecule is O=C(Cl)c1ccc(OC(=O)c2cccc(C(=O)Oc3ccc(C(=O)Cl)cc3)n2)cc1. The minimum Gasteiger partial charge on any atom is -0.422 e. The first-order valence-corrected chi connectivity index (χ1v) is 9.10. The Bertz CT molecular complexity index is 1040. The van der Waals surface area contributed by atoms with E-state index in [1.54, 1.807) is 0 Å². The van der Waals surface area contributed by atoms with E-state index >= 15 is 0 Å². The molecule has 0 bridgehead atoms. The Morgan fingerprint density at radius 3 is 1.30 bits per heavy atom. The van der Waals surface area contributed by atoms with E-state index in [0.717, 1.165) is 0 Å². The van der Waals surface area contributed by atoms with Crippen molar-refractivity contribution in [2.45, 2.75) is 0 Å². The third-order valence-electron chi connectivity index (χ3n) is 3.75. The minimum absolute atomic E-state index is 0.120. The van der Waals surface area contributed by atoms with Gasteiger partial charge in [0.05, 0.1) is 0 Å². The second-order valence-electron chi connectivity index (χ2n) is 5.78. The lowest BCUT2D eigenvalue weighted by Crippen LogP contribution is -2.16. The number of rotatable bonds is 6. The van der Waals surface area contributed by atoms with Crippen molar-refractivity contribution in [1.29, 1.82) is 0 Å². The van der Waals surface area contributed by atoms with Crippen LogP contribution >= 0.6 is 23.2 Å². The molecule has 0 amide bonds. The fraction of sp³-hybridized carbons (Fsp3) is 0. The summed E-state index contributed by atoms with van der Waals surface area (Å²) in [6.07, 6.45) is 0. The molecule has 3 rings (SSSR count). The lowest BCUT2D eigenvalue weighted by atomic mass is 10.2. The predicted molar refractivity (Wildman–Crippen MR) is 107 cm³/mol. The van der Waals surface area contributed by atoms with Crippen LogP contribution in [0.5, 0.6) is 11.5 Å². The highest BCUT2D eigenvalue weighted by Crippen LogP contribution is 2.17. The van der Waals surface area contributed by atoms with Crippen LogP contribution in [0.15, 0.2) is 66.7 Å². The van der Waals surface area contributed by atoms with Crippen LogP contribution in [0.2, 0.25) is 0 Å². The maximum absolute atomic E-state index is 12.3. The standard InChI is InChI=1S/C21H11Cl2NO6/c22-18(25)12-4-8-14(9-5-12)29-20(27)16-2-1-3-17(24-16)21(28)30-15-10-6-13(7-11-15)19(23)26/h1-11H. The summed E-state index contributed by atoms with van der Waals surface area (Å²) in [4.78, 5) is 50.7. The Labute approximate surface area is 180 Å². The molecule has 0 N–H and O–H groups in total. The summed E-state index contributed by atoms with van der Waals surface area (Å²) in [5, 5.41) is -1.27. The smallest absolute Gasteiger partial charge is 0.362 e. The van der Waals surface area contributed by atoms with E-state index in [0.29, 0.717) is 0 Å². The molecule has 0 atom stereocenters. The van der Waals surface area contributed by atoms with E-state index in [9.17, 15) is 19.2 Å². The predicted octanol–water partition coefficient (Wildman–Crippen LogP) is 4.28. The molecule has 30 heavy (non-hydrogen) atoms. The highest BCUT2D eigenvalue weighted by molar-refractivity contribution is 6.68. The molecule has 0 aliphatic rings. The first-order chi connectivity index (χ1) is 14.3. The highest BCUT2D eigenvalue weighted by atomic mass is 35.5. The summed E-state index contributed by atoms with van der Waals surface area (Å²) in [7, 11) is 0. The lowest BCUT2D eigenvalue weighted by molar-refractivity contribution is 0.0722. The van der Waals surface area contributed by atoms with E-state index in [-0.39, 0.29) is 34.0 Å². The van der Waals surface area contributed by atoms with E-state index in [4.69, 9.17) is 32.7 Å². The van der Waals surface area contributed by atoms with Gasteiger partial charge in [-0.25, -0.2) is 14.6 Å². The monoisotopic (exact) mass is 443 g/mol. The Hall–Kier alpha value is -3.55. The molecule has 0 radical (unpaired) electrons. The van der Waals surface area contributed by atoms with Gasteiger partial charge in [-0.15, -0.1) is 0 Å². The van der Waals surface area contributed by atoms with Gasteiger partial charge in [0.15, 0.2) is 0 Å². The number of nitrogens with zero attached hydrogens (tertiary/aromatic N) is 1. The molecular formula is C21H11Cl2NO6. The Morgan fingerprint density at radius 2 is 0.967 bits per heavy atom. The summed E-state index contributed by atoms with van der Waals surface area (Å²) in [5.74, 6) is -1.27. The van der Waals surface area contributed by atoms with Gasteiger partial charge < -0.3 is 9.47 Å². The van der Waals surface area contributed by atoms with Crippen molar-refractivity contribution in [2.75, 3.05) is 0 Å². The van der Waals surface area contributed by atoms with Crippen LogP contribution in [0.3, 0.4) is 0 Å². The van der Waals surface area contributed by atoms with Crippen LogP contribution in [0.1, 0.15) is 41.7 Å². The number of aromatic nitrogens is 1. The molecular weight excluding hydrogens is 433 g/mol. The summed E-state index contributed by atoms with van der Waals surface area (Å²) < 4.78 is 10.3. The number of halogens is 2. The number of esters is 2. The quantitative estimate of drug-likeness (QED) is 0.318. The summed E-state index contributed by atoms with van der Waals surface area (Å²) in [5.41, 5.74) is 0.264. The average Bonchev–Trinajstić information content (AvgIpc) is 2.74. The third kappa shape index (κ3) is 5.28. The number of hydrogen-bond acceptors (Lipinski definition) is 7. The van der Waals surface area contributed by atoms with E-state index < -0.39 is 22.4 Å². The first-order valence-electron chi connectivity index (χ1n) is 8.34. The van der Waals surface area contributed by atoms with Gasteiger partial charge in [0.25, 0.3) is 10.5 Å². The van der Waals surface area contributed by atoms with Crippen molar-refractivity contribution in [3.05, 3.63) is 89.2 Å². The normalized spacial score (nSPS) is 10.2. The van der Waals surface area contributed by atoms with E-state index in [1.165, 1.54) is 66.7 Å². The molecule has 0 fully saturated rings. The Kier molecular flexibility index (Phi) is 6.56. The van der Waals surface area contributed by atoms with Gasteiger partial charge in [-0.05, 0) is 83.9 Å². The molecule has 0 saturated heterocycles. The number of benzene rings is 2. The molecule has 1 heterocycles. The molecule has 1 aromatic heterocycles. The van der Waals surface area contributed by atoms with Crippen molar-refractivity contribution in [3.63, 3.8) is 0 Å². The molecule has 150 valence electrons. The first kappa shape index (κ1) is 21.2. The number of carbonyl (C=O) groups excluding carboxylic acids is 4. The summed E-state index contributed by atoms with van der Waals surface area (Å²) in [6.45, 7) is 0. The minimum atomic E-state index is -0.806.